The van der Waals surface area contributed by atoms with Gasteiger partial charge in [0.2, 0.25) is 3.79 Å². The van der Waals surface area contributed by atoms with E-state index in [1.807, 2.05) is 36.4 Å². The second kappa shape index (κ2) is 5.06. The summed E-state index contributed by atoms with van der Waals surface area (Å²) < 4.78 is -1.78. The number of hydrogen-bond donors (Lipinski definition) is 1. The number of aromatic carboxylic acids is 1. The average molecular weight is 340 g/mol. The first-order chi connectivity index (χ1) is 9.88. The van der Waals surface area contributed by atoms with E-state index in [2.05, 4.69) is 0 Å². The number of hydrogen-bond acceptors (Lipinski definition) is 1. The van der Waals surface area contributed by atoms with E-state index in [1.54, 1.807) is 12.1 Å². The van der Waals surface area contributed by atoms with Crippen molar-refractivity contribution in [3.8, 4) is 0 Å². The molecule has 106 valence electrons. The lowest BCUT2D eigenvalue weighted by Crippen LogP contribution is -2.10. The third-order valence-corrected chi connectivity index (χ3v) is 4.02. The highest BCUT2D eigenvalue weighted by atomic mass is 35.6. The molecular formula is C16H9Cl3O2. The minimum Gasteiger partial charge on any atom is -0.478 e. The molecule has 0 saturated carbocycles. The Labute approximate surface area is 135 Å². The monoisotopic (exact) mass is 338 g/mol. The second-order valence-corrected chi connectivity index (χ2v) is 6.99. The standard InChI is InChI=1S/C16H9Cl3O2/c17-16(18,19)13-6-5-11-7-9-3-1-2-4-10(9)8-12(11)14(13)15(20)21/h1-8H,(H,20,21). The lowest BCUT2D eigenvalue weighted by atomic mass is 9.96. The van der Waals surface area contributed by atoms with Crippen LogP contribution < -0.4 is 0 Å². The quantitative estimate of drug-likeness (QED) is 0.468. The molecule has 0 aliphatic rings. The van der Waals surface area contributed by atoms with Gasteiger partial charge in [-0.25, -0.2) is 4.79 Å². The number of carboxylic acids is 1. The summed E-state index contributed by atoms with van der Waals surface area (Å²) >= 11 is 17.7. The van der Waals surface area contributed by atoms with E-state index in [4.69, 9.17) is 34.8 Å². The number of rotatable bonds is 1. The molecule has 1 N–H and O–H groups in total. The van der Waals surface area contributed by atoms with Crippen LogP contribution >= 0.6 is 34.8 Å². The van der Waals surface area contributed by atoms with Crippen LogP contribution in [0.5, 0.6) is 0 Å². The van der Waals surface area contributed by atoms with Gasteiger partial charge in [-0.15, -0.1) is 0 Å². The molecule has 0 amide bonds. The summed E-state index contributed by atoms with van der Waals surface area (Å²) in [4.78, 5) is 11.6. The van der Waals surface area contributed by atoms with Gasteiger partial charge in [0.05, 0.1) is 5.56 Å². The van der Waals surface area contributed by atoms with Gasteiger partial charge in [-0.3, -0.25) is 0 Å². The lowest BCUT2D eigenvalue weighted by molar-refractivity contribution is 0.0698. The molecule has 0 radical (unpaired) electrons. The Kier molecular flexibility index (Phi) is 3.48. The molecule has 0 aromatic heterocycles. The molecule has 0 aliphatic heterocycles. The van der Waals surface area contributed by atoms with E-state index in [0.717, 1.165) is 16.2 Å². The summed E-state index contributed by atoms with van der Waals surface area (Å²) in [5, 5.41) is 12.8. The molecule has 0 unspecified atom stereocenters. The Balaban J connectivity index is 2.47. The second-order valence-electron chi connectivity index (χ2n) is 4.71. The van der Waals surface area contributed by atoms with Crippen LogP contribution in [0.15, 0.2) is 48.5 Å². The van der Waals surface area contributed by atoms with Gasteiger partial charge in [-0.05, 0) is 33.7 Å². The molecule has 0 fully saturated rings. The number of benzene rings is 3. The van der Waals surface area contributed by atoms with Crippen molar-refractivity contribution in [1.29, 1.82) is 0 Å². The molecule has 3 aromatic carbocycles. The molecule has 21 heavy (non-hydrogen) atoms. The molecule has 0 heterocycles. The van der Waals surface area contributed by atoms with Crippen molar-refractivity contribution < 1.29 is 9.90 Å². The highest BCUT2D eigenvalue weighted by molar-refractivity contribution is 6.67. The number of alkyl halides is 3. The maximum absolute atomic E-state index is 11.6. The van der Waals surface area contributed by atoms with Crippen LogP contribution in [0.3, 0.4) is 0 Å². The van der Waals surface area contributed by atoms with Crippen LogP contribution in [0.1, 0.15) is 15.9 Å². The fraction of sp³-hybridized carbons (Fsp3) is 0.0625. The van der Waals surface area contributed by atoms with Crippen molar-refractivity contribution in [1.82, 2.24) is 0 Å². The molecule has 0 bridgehead atoms. The minimum atomic E-state index is -1.78. The predicted octanol–water partition coefficient (Wildman–Crippen LogP) is 5.52. The zero-order valence-electron chi connectivity index (χ0n) is 10.6. The summed E-state index contributed by atoms with van der Waals surface area (Å²) in [5.41, 5.74) is 0.195. The van der Waals surface area contributed by atoms with E-state index >= 15 is 0 Å². The summed E-state index contributed by atoms with van der Waals surface area (Å²) in [6.07, 6.45) is 0. The van der Waals surface area contributed by atoms with Crippen LogP contribution in [-0.2, 0) is 3.79 Å². The first-order valence-electron chi connectivity index (χ1n) is 6.14. The van der Waals surface area contributed by atoms with Crippen LogP contribution in [0, 0.1) is 0 Å². The highest BCUT2D eigenvalue weighted by Gasteiger charge is 2.30. The summed E-state index contributed by atoms with van der Waals surface area (Å²) in [5.74, 6) is -1.11. The predicted molar refractivity (Wildman–Crippen MR) is 87.7 cm³/mol. The van der Waals surface area contributed by atoms with Gasteiger partial charge < -0.3 is 5.11 Å². The maximum Gasteiger partial charge on any atom is 0.336 e. The smallest absolute Gasteiger partial charge is 0.336 e. The number of fused-ring (bicyclic) bond motifs is 2. The van der Waals surface area contributed by atoms with Gasteiger partial charge >= 0.3 is 5.97 Å². The van der Waals surface area contributed by atoms with Gasteiger partial charge in [0.15, 0.2) is 0 Å². The van der Waals surface area contributed by atoms with Crippen molar-refractivity contribution in [2.24, 2.45) is 0 Å². The van der Waals surface area contributed by atoms with Crippen molar-refractivity contribution in [2.75, 3.05) is 0 Å². The molecule has 2 nitrogen and oxygen atoms in total. The Morgan fingerprint density at radius 1 is 0.905 bits per heavy atom. The molecule has 0 spiro atoms. The summed E-state index contributed by atoms with van der Waals surface area (Å²) in [6, 6.07) is 14.8. The largest absolute Gasteiger partial charge is 0.478 e. The molecule has 3 rings (SSSR count). The van der Waals surface area contributed by atoms with Crippen molar-refractivity contribution in [2.45, 2.75) is 3.79 Å². The van der Waals surface area contributed by atoms with E-state index in [0.29, 0.717) is 5.39 Å². The van der Waals surface area contributed by atoms with Crippen LogP contribution in [-0.4, -0.2) is 11.1 Å². The third kappa shape index (κ3) is 2.55. The fourth-order valence-electron chi connectivity index (χ4n) is 2.48. The van der Waals surface area contributed by atoms with Crippen molar-refractivity contribution in [3.05, 3.63) is 59.7 Å². The van der Waals surface area contributed by atoms with Gasteiger partial charge in [0.25, 0.3) is 0 Å². The Bertz CT molecular complexity index is 866. The van der Waals surface area contributed by atoms with Crippen LogP contribution in [0.4, 0.5) is 0 Å². The first kappa shape index (κ1) is 14.5. The average Bonchev–Trinajstić information content (AvgIpc) is 2.42. The van der Waals surface area contributed by atoms with Crippen molar-refractivity contribution in [3.63, 3.8) is 0 Å². The molecule has 3 aromatic rings. The fourth-order valence-corrected chi connectivity index (χ4v) is 2.95. The summed E-state index contributed by atoms with van der Waals surface area (Å²) in [7, 11) is 0. The van der Waals surface area contributed by atoms with Crippen molar-refractivity contribution >= 4 is 62.3 Å². The summed E-state index contributed by atoms with van der Waals surface area (Å²) in [6.45, 7) is 0. The van der Waals surface area contributed by atoms with E-state index in [1.165, 1.54) is 0 Å². The molecular weight excluding hydrogens is 331 g/mol. The van der Waals surface area contributed by atoms with Gasteiger partial charge in [-0.2, -0.15) is 0 Å². The third-order valence-electron chi connectivity index (χ3n) is 3.41. The number of carbonyl (C=O) groups is 1. The lowest BCUT2D eigenvalue weighted by Gasteiger charge is -2.16. The van der Waals surface area contributed by atoms with Gasteiger partial charge in [0.1, 0.15) is 0 Å². The molecule has 0 atom stereocenters. The zero-order chi connectivity index (χ0) is 15.2. The van der Waals surface area contributed by atoms with E-state index < -0.39 is 9.76 Å². The molecule has 0 aliphatic carbocycles. The number of halogens is 3. The Morgan fingerprint density at radius 2 is 1.52 bits per heavy atom. The Morgan fingerprint density at radius 3 is 2.10 bits per heavy atom. The Hall–Kier alpha value is -1.48. The van der Waals surface area contributed by atoms with Crippen LogP contribution in [0.25, 0.3) is 21.5 Å². The first-order valence-corrected chi connectivity index (χ1v) is 7.27. The highest BCUT2D eigenvalue weighted by Crippen LogP contribution is 2.42. The van der Waals surface area contributed by atoms with Gasteiger partial charge in [0, 0.05) is 5.56 Å². The van der Waals surface area contributed by atoms with E-state index in [-0.39, 0.29) is 11.1 Å². The normalized spacial score (nSPS) is 12.0. The minimum absolute atomic E-state index is 0.0262. The van der Waals surface area contributed by atoms with Crippen LogP contribution in [0.2, 0.25) is 0 Å². The van der Waals surface area contributed by atoms with E-state index in [9.17, 15) is 9.90 Å². The molecule has 5 heteroatoms. The topological polar surface area (TPSA) is 37.3 Å². The number of carboxylic acid groups (broad SMARTS) is 1. The molecule has 0 saturated heterocycles. The zero-order valence-corrected chi connectivity index (χ0v) is 12.9. The SMILES string of the molecule is O=C(O)c1c(C(Cl)(Cl)Cl)ccc2cc3ccccc3cc12. The van der Waals surface area contributed by atoms with Gasteiger partial charge in [-0.1, -0.05) is 71.2 Å². The maximum atomic E-state index is 11.6.